The molecule has 0 saturated carbocycles. The first-order valence-electron chi connectivity index (χ1n) is 5.51. The predicted octanol–water partition coefficient (Wildman–Crippen LogP) is 1.21. The normalized spacial score (nSPS) is 21.4. The topological polar surface area (TPSA) is 65.4 Å². The van der Waals surface area contributed by atoms with Gasteiger partial charge in [0.1, 0.15) is 0 Å². The van der Waals surface area contributed by atoms with Crippen molar-refractivity contribution >= 4 is 11.3 Å². The molecule has 0 radical (unpaired) electrons. The number of ether oxygens (including phenoxy) is 1. The molecular weight excluding hydrogens is 204 g/mol. The van der Waals surface area contributed by atoms with Crippen molar-refractivity contribution in [3.05, 3.63) is 24.2 Å². The van der Waals surface area contributed by atoms with Gasteiger partial charge in [0, 0.05) is 18.6 Å². The van der Waals surface area contributed by atoms with Crippen LogP contribution >= 0.6 is 0 Å². The number of fused-ring (bicyclic) bond motifs is 1. The summed E-state index contributed by atoms with van der Waals surface area (Å²) in [7, 11) is 0. The van der Waals surface area contributed by atoms with Crippen LogP contribution in [-0.4, -0.2) is 27.8 Å². The fraction of sp³-hybridized carbons (Fsp3) is 0.455. The largest absolute Gasteiger partial charge is 0.396 e. The lowest BCUT2D eigenvalue weighted by atomic mass is 9.99. The van der Waals surface area contributed by atoms with Crippen molar-refractivity contribution in [2.75, 3.05) is 18.9 Å². The Kier molecular flexibility index (Phi) is 2.25. The summed E-state index contributed by atoms with van der Waals surface area (Å²) in [5, 5.41) is 4.49. The Hall–Kier alpha value is -1.62. The van der Waals surface area contributed by atoms with Gasteiger partial charge in [-0.3, -0.25) is 0 Å². The average Bonchev–Trinajstić information content (AvgIpc) is 2.73. The lowest BCUT2D eigenvalue weighted by molar-refractivity contribution is 0.0792. The summed E-state index contributed by atoms with van der Waals surface area (Å²) in [5.41, 5.74) is 8.19. The van der Waals surface area contributed by atoms with Crippen LogP contribution < -0.4 is 5.73 Å². The van der Waals surface area contributed by atoms with Crippen LogP contribution in [-0.2, 0) is 4.74 Å². The van der Waals surface area contributed by atoms with Crippen LogP contribution in [0.15, 0.2) is 18.5 Å². The third-order valence-corrected chi connectivity index (χ3v) is 2.93. The maximum Gasteiger partial charge on any atom is 0.155 e. The molecule has 0 aromatic carbocycles. The summed E-state index contributed by atoms with van der Waals surface area (Å²) < 4.78 is 7.20. The molecule has 1 saturated heterocycles. The van der Waals surface area contributed by atoms with Gasteiger partial charge in [-0.25, -0.2) is 9.50 Å². The SMILES string of the molecule is Nc1cnc2cc(C3CCCOC3)nn2c1. The van der Waals surface area contributed by atoms with Crippen LogP contribution in [0.3, 0.4) is 0 Å². The summed E-state index contributed by atoms with van der Waals surface area (Å²) in [6.07, 6.45) is 5.68. The molecule has 5 nitrogen and oxygen atoms in total. The number of hydrogen-bond acceptors (Lipinski definition) is 4. The molecule has 5 heteroatoms. The van der Waals surface area contributed by atoms with Crippen LogP contribution in [0.4, 0.5) is 5.69 Å². The third kappa shape index (κ3) is 1.63. The first-order chi connectivity index (χ1) is 7.83. The van der Waals surface area contributed by atoms with E-state index in [0.717, 1.165) is 37.4 Å². The fourth-order valence-electron chi connectivity index (χ4n) is 2.08. The molecule has 0 aliphatic carbocycles. The highest BCUT2D eigenvalue weighted by molar-refractivity contribution is 5.45. The van der Waals surface area contributed by atoms with Gasteiger partial charge in [-0.2, -0.15) is 5.10 Å². The standard InChI is InChI=1S/C11H14N4O/c12-9-5-13-11-4-10(14-15(11)6-9)8-2-1-3-16-7-8/h4-6,8H,1-3,7,12H2. The Morgan fingerprint density at radius 3 is 3.25 bits per heavy atom. The molecule has 0 spiro atoms. The van der Waals surface area contributed by atoms with Crippen LogP contribution in [0.2, 0.25) is 0 Å². The molecule has 2 N–H and O–H groups in total. The van der Waals surface area contributed by atoms with E-state index in [9.17, 15) is 0 Å². The van der Waals surface area contributed by atoms with Crippen LogP contribution in [0.5, 0.6) is 0 Å². The van der Waals surface area contributed by atoms with E-state index in [1.54, 1.807) is 16.9 Å². The molecule has 84 valence electrons. The van der Waals surface area contributed by atoms with Crippen molar-refractivity contribution in [1.82, 2.24) is 14.6 Å². The number of hydrogen-bond donors (Lipinski definition) is 1. The predicted molar refractivity (Wildman–Crippen MR) is 60.2 cm³/mol. The summed E-state index contributed by atoms with van der Waals surface area (Å²) in [4.78, 5) is 4.23. The summed E-state index contributed by atoms with van der Waals surface area (Å²) in [6, 6.07) is 2.01. The molecule has 1 atom stereocenters. The van der Waals surface area contributed by atoms with E-state index in [2.05, 4.69) is 10.1 Å². The Morgan fingerprint density at radius 2 is 2.44 bits per heavy atom. The second-order valence-corrected chi connectivity index (χ2v) is 4.17. The minimum Gasteiger partial charge on any atom is -0.396 e. The highest BCUT2D eigenvalue weighted by Crippen LogP contribution is 2.24. The summed E-state index contributed by atoms with van der Waals surface area (Å²) in [6.45, 7) is 1.63. The summed E-state index contributed by atoms with van der Waals surface area (Å²) >= 11 is 0. The molecule has 0 bridgehead atoms. The first kappa shape index (κ1) is 9.59. The highest BCUT2D eigenvalue weighted by Gasteiger charge is 2.19. The van der Waals surface area contributed by atoms with Gasteiger partial charge in [-0.1, -0.05) is 0 Å². The number of nitrogens with two attached hydrogens (primary N) is 1. The molecule has 3 heterocycles. The van der Waals surface area contributed by atoms with Gasteiger partial charge in [0.25, 0.3) is 0 Å². The zero-order chi connectivity index (χ0) is 11.0. The minimum absolute atomic E-state index is 0.400. The number of nitrogen functional groups attached to an aromatic ring is 1. The van der Waals surface area contributed by atoms with E-state index >= 15 is 0 Å². The van der Waals surface area contributed by atoms with Crippen LogP contribution in [0.25, 0.3) is 5.65 Å². The van der Waals surface area contributed by atoms with Crippen molar-refractivity contribution in [1.29, 1.82) is 0 Å². The monoisotopic (exact) mass is 218 g/mol. The summed E-state index contributed by atoms with van der Waals surface area (Å²) in [5.74, 6) is 0.400. The lowest BCUT2D eigenvalue weighted by Crippen LogP contribution is -2.15. The van der Waals surface area contributed by atoms with E-state index in [0.29, 0.717) is 11.6 Å². The van der Waals surface area contributed by atoms with Gasteiger partial charge >= 0.3 is 0 Å². The van der Waals surface area contributed by atoms with E-state index in [1.165, 1.54) is 0 Å². The van der Waals surface area contributed by atoms with E-state index in [-0.39, 0.29) is 0 Å². The van der Waals surface area contributed by atoms with Crippen molar-refractivity contribution in [3.63, 3.8) is 0 Å². The Bertz CT molecular complexity index is 502. The maximum atomic E-state index is 5.66. The van der Waals surface area contributed by atoms with Gasteiger partial charge in [0.2, 0.25) is 0 Å². The molecule has 1 aliphatic rings. The molecule has 1 fully saturated rings. The molecule has 0 amide bonds. The quantitative estimate of drug-likeness (QED) is 0.781. The average molecular weight is 218 g/mol. The Morgan fingerprint density at radius 1 is 1.50 bits per heavy atom. The van der Waals surface area contributed by atoms with Crippen molar-refractivity contribution < 1.29 is 4.74 Å². The van der Waals surface area contributed by atoms with Gasteiger partial charge in [-0.15, -0.1) is 0 Å². The number of nitrogens with zero attached hydrogens (tertiary/aromatic N) is 3. The molecular formula is C11H14N4O. The number of anilines is 1. The molecule has 16 heavy (non-hydrogen) atoms. The van der Waals surface area contributed by atoms with Gasteiger partial charge in [0.15, 0.2) is 5.65 Å². The highest BCUT2D eigenvalue weighted by atomic mass is 16.5. The second-order valence-electron chi connectivity index (χ2n) is 4.17. The van der Waals surface area contributed by atoms with Crippen LogP contribution in [0, 0.1) is 0 Å². The van der Waals surface area contributed by atoms with Crippen LogP contribution in [0.1, 0.15) is 24.5 Å². The fourth-order valence-corrected chi connectivity index (χ4v) is 2.08. The van der Waals surface area contributed by atoms with Crippen molar-refractivity contribution in [2.24, 2.45) is 0 Å². The smallest absolute Gasteiger partial charge is 0.155 e. The zero-order valence-electron chi connectivity index (χ0n) is 8.97. The zero-order valence-corrected chi connectivity index (χ0v) is 8.97. The van der Waals surface area contributed by atoms with Gasteiger partial charge in [-0.05, 0) is 12.8 Å². The molecule has 2 aromatic heterocycles. The van der Waals surface area contributed by atoms with Gasteiger partial charge in [0.05, 0.1) is 30.4 Å². The van der Waals surface area contributed by atoms with E-state index in [4.69, 9.17) is 10.5 Å². The lowest BCUT2D eigenvalue weighted by Gasteiger charge is -2.19. The Labute approximate surface area is 93.2 Å². The van der Waals surface area contributed by atoms with Crippen molar-refractivity contribution in [3.8, 4) is 0 Å². The second kappa shape index (κ2) is 3.75. The molecule has 1 aliphatic heterocycles. The number of rotatable bonds is 1. The first-order valence-corrected chi connectivity index (χ1v) is 5.51. The van der Waals surface area contributed by atoms with E-state index < -0.39 is 0 Å². The number of aromatic nitrogens is 3. The maximum absolute atomic E-state index is 5.66. The minimum atomic E-state index is 0.400. The molecule has 3 rings (SSSR count). The van der Waals surface area contributed by atoms with E-state index in [1.807, 2.05) is 6.07 Å². The molecule has 1 unspecified atom stereocenters. The Balaban J connectivity index is 1.97. The third-order valence-electron chi connectivity index (χ3n) is 2.93. The van der Waals surface area contributed by atoms with Gasteiger partial charge < -0.3 is 10.5 Å². The molecule has 2 aromatic rings. The van der Waals surface area contributed by atoms with Crippen molar-refractivity contribution in [2.45, 2.75) is 18.8 Å².